The normalized spacial score (nSPS) is 20.3. The van der Waals surface area contributed by atoms with Gasteiger partial charge in [0.15, 0.2) is 5.96 Å². The molecule has 2 heterocycles. The van der Waals surface area contributed by atoms with Gasteiger partial charge < -0.3 is 25.4 Å². The lowest BCUT2D eigenvalue weighted by Crippen LogP contribution is -2.48. The number of hydrogen-bond donors (Lipinski definition) is 2. The van der Waals surface area contributed by atoms with Crippen molar-refractivity contribution >= 4 is 36.0 Å². The monoisotopic (exact) mass is 460 g/mol. The van der Waals surface area contributed by atoms with Crippen molar-refractivity contribution in [1.82, 2.24) is 10.2 Å². The molecule has 2 aliphatic rings. The van der Waals surface area contributed by atoms with Gasteiger partial charge in [-0.05, 0) is 25.8 Å². The summed E-state index contributed by atoms with van der Waals surface area (Å²) in [5.74, 6) is 1.30. The highest BCUT2D eigenvalue weighted by Crippen LogP contribution is 2.34. The lowest BCUT2D eigenvalue weighted by atomic mass is 10.1. The first-order chi connectivity index (χ1) is 11.7. The van der Waals surface area contributed by atoms with E-state index in [1.165, 1.54) is 0 Å². The van der Waals surface area contributed by atoms with Gasteiger partial charge in [0.2, 0.25) is 0 Å². The van der Waals surface area contributed by atoms with Crippen LogP contribution in [0.2, 0.25) is 0 Å². The Balaban J connectivity index is 0.00000225. The Kier molecular flexibility index (Phi) is 7.15. The maximum atomic E-state index is 11.7. The fraction of sp³-hybridized carbons (Fsp3) is 0.529. The Morgan fingerprint density at radius 1 is 1.40 bits per heavy atom. The third-order valence-electron chi connectivity index (χ3n) is 4.34. The van der Waals surface area contributed by atoms with Gasteiger partial charge in [0.1, 0.15) is 18.4 Å². The van der Waals surface area contributed by atoms with Gasteiger partial charge in [-0.1, -0.05) is 18.2 Å². The number of nitrogens with zero attached hydrogens (tertiary/aromatic N) is 2. The molecule has 1 aromatic carbocycles. The lowest BCUT2D eigenvalue weighted by Gasteiger charge is -2.31. The van der Waals surface area contributed by atoms with E-state index in [2.05, 4.69) is 10.3 Å². The fourth-order valence-electron chi connectivity index (χ4n) is 3.09. The van der Waals surface area contributed by atoms with Gasteiger partial charge in [-0.15, -0.1) is 24.0 Å². The number of rotatable bonds is 3. The smallest absolute Gasteiger partial charge is 0.409 e. The number of carbonyl (C=O) groups excluding carboxylic acids is 1. The summed E-state index contributed by atoms with van der Waals surface area (Å²) in [5, 5.41) is 3.26. The number of hydrogen-bond acceptors (Lipinski definition) is 4. The van der Waals surface area contributed by atoms with Crippen molar-refractivity contribution in [3.8, 4) is 5.75 Å². The second kappa shape index (κ2) is 9.12. The van der Waals surface area contributed by atoms with Crippen molar-refractivity contribution in [2.75, 3.05) is 26.3 Å². The van der Waals surface area contributed by atoms with Crippen molar-refractivity contribution in [1.29, 1.82) is 0 Å². The molecule has 0 aromatic heterocycles. The summed E-state index contributed by atoms with van der Waals surface area (Å²) < 4.78 is 10.6. The number of amides is 1. The van der Waals surface area contributed by atoms with Gasteiger partial charge >= 0.3 is 6.09 Å². The average Bonchev–Trinajstić information content (AvgIpc) is 2.99. The number of fused-ring (bicyclic) bond motifs is 1. The fourth-order valence-corrected chi connectivity index (χ4v) is 3.09. The molecule has 1 aromatic rings. The van der Waals surface area contributed by atoms with E-state index < -0.39 is 0 Å². The van der Waals surface area contributed by atoms with Crippen LogP contribution in [0.3, 0.4) is 0 Å². The van der Waals surface area contributed by atoms with Crippen molar-refractivity contribution in [3.63, 3.8) is 0 Å². The number of aliphatic imine (C=N–C) groups is 1. The number of para-hydroxylation sites is 1. The van der Waals surface area contributed by atoms with Gasteiger partial charge in [-0.25, -0.2) is 9.79 Å². The molecule has 2 aliphatic heterocycles. The topological polar surface area (TPSA) is 89.2 Å². The quantitative estimate of drug-likeness (QED) is 0.411. The van der Waals surface area contributed by atoms with Gasteiger partial charge in [-0.2, -0.15) is 0 Å². The summed E-state index contributed by atoms with van der Waals surface area (Å²) in [6, 6.07) is 8.04. The average molecular weight is 460 g/mol. The molecule has 1 unspecified atom stereocenters. The van der Waals surface area contributed by atoms with Crippen LogP contribution in [-0.4, -0.2) is 49.3 Å². The zero-order valence-electron chi connectivity index (χ0n) is 14.3. The van der Waals surface area contributed by atoms with Crippen LogP contribution in [0.15, 0.2) is 29.3 Å². The van der Waals surface area contributed by atoms with Crippen molar-refractivity contribution < 1.29 is 14.3 Å². The predicted octanol–water partition coefficient (Wildman–Crippen LogP) is 2.26. The highest BCUT2D eigenvalue weighted by atomic mass is 127. The highest BCUT2D eigenvalue weighted by molar-refractivity contribution is 14.0. The number of piperidine rings is 1. The van der Waals surface area contributed by atoms with Crippen LogP contribution >= 0.6 is 24.0 Å². The molecular weight excluding hydrogens is 435 g/mol. The lowest BCUT2D eigenvalue weighted by molar-refractivity contribution is 0.0963. The largest absolute Gasteiger partial charge is 0.491 e. The Morgan fingerprint density at radius 3 is 2.84 bits per heavy atom. The van der Waals surface area contributed by atoms with E-state index in [0.29, 0.717) is 32.3 Å². The molecule has 0 aliphatic carbocycles. The molecule has 25 heavy (non-hydrogen) atoms. The highest BCUT2D eigenvalue weighted by Gasteiger charge is 2.26. The van der Waals surface area contributed by atoms with Crippen LogP contribution in [-0.2, 0) is 4.74 Å². The maximum absolute atomic E-state index is 11.7. The molecule has 138 valence electrons. The number of nitrogens with two attached hydrogens (primary N) is 1. The standard InChI is InChI=1S/C17H24N4O3.HI/c1-2-23-17(22)21-9-7-12(8-10-21)19-16(18)20-14-11-24-15-6-4-3-5-13(14)15;/h3-6,12,14H,2,7-11H2,1H3,(H3,18,19,20);1H. The number of benzene rings is 1. The molecule has 0 saturated carbocycles. The summed E-state index contributed by atoms with van der Waals surface area (Å²) >= 11 is 0. The number of halogens is 1. The van der Waals surface area contributed by atoms with E-state index in [1.807, 2.05) is 31.2 Å². The first-order valence-corrected chi connectivity index (χ1v) is 8.40. The number of guanidine groups is 1. The third-order valence-corrected chi connectivity index (χ3v) is 4.34. The maximum Gasteiger partial charge on any atom is 0.409 e. The summed E-state index contributed by atoms with van der Waals surface area (Å²) in [7, 11) is 0. The van der Waals surface area contributed by atoms with E-state index in [0.717, 1.165) is 24.2 Å². The van der Waals surface area contributed by atoms with Crippen LogP contribution in [0, 0.1) is 0 Å². The van der Waals surface area contributed by atoms with E-state index in [4.69, 9.17) is 15.2 Å². The number of ether oxygens (including phenoxy) is 2. The van der Waals surface area contributed by atoms with E-state index in [1.54, 1.807) is 4.90 Å². The number of carbonyl (C=O) groups is 1. The van der Waals surface area contributed by atoms with Crippen molar-refractivity contribution in [3.05, 3.63) is 29.8 Å². The van der Waals surface area contributed by atoms with Crippen molar-refractivity contribution in [2.24, 2.45) is 10.7 Å². The molecule has 1 fully saturated rings. The van der Waals surface area contributed by atoms with Crippen molar-refractivity contribution in [2.45, 2.75) is 31.8 Å². The molecule has 0 radical (unpaired) electrons. The van der Waals surface area contributed by atoms with Crippen LogP contribution in [0.25, 0.3) is 0 Å². The first-order valence-electron chi connectivity index (χ1n) is 8.40. The first kappa shape index (κ1) is 19.6. The van der Waals surface area contributed by atoms with Gasteiger partial charge in [0.25, 0.3) is 0 Å². The zero-order valence-corrected chi connectivity index (χ0v) is 16.6. The SMILES string of the molecule is CCOC(=O)N1CCC(NC(N)=NC2COc3ccccc32)CC1.I. The van der Waals surface area contributed by atoms with Crippen LogP contribution in [0.1, 0.15) is 31.4 Å². The Morgan fingerprint density at radius 2 is 2.12 bits per heavy atom. The summed E-state index contributed by atoms with van der Waals surface area (Å²) in [6.07, 6.45) is 1.41. The minimum Gasteiger partial charge on any atom is -0.491 e. The minimum atomic E-state index is -0.239. The van der Waals surface area contributed by atoms with E-state index in [-0.39, 0.29) is 42.2 Å². The molecule has 1 amide bonds. The number of likely N-dealkylation sites (tertiary alicyclic amines) is 1. The summed E-state index contributed by atoms with van der Waals surface area (Å²) in [4.78, 5) is 18.0. The van der Waals surface area contributed by atoms with Gasteiger partial charge in [-0.3, -0.25) is 0 Å². The second-order valence-electron chi connectivity index (χ2n) is 5.98. The summed E-state index contributed by atoms with van der Waals surface area (Å²) in [6.45, 7) is 4.07. The van der Waals surface area contributed by atoms with Gasteiger partial charge in [0.05, 0.1) is 6.61 Å². The molecule has 3 rings (SSSR count). The molecule has 0 bridgehead atoms. The predicted molar refractivity (Wildman–Crippen MR) is 106 cm³/mol. The minimum absolute atomic E-state index is 0. The Hall–Kier alpha value is -1.71. The second-order valence-corrected chi connectivity index (χ2v) is 5.98. The van der Waals surface area contributed by atoms with Crippen LogP contribution in [0.5, 0.6) is 5.75 Å². The Labute approximate surface area is 165 Å². The molecular formula is C17H25IN4O3. The molecule has 3 N–H and O–H groups in total. The number of nitrogens with one attached hydrogen (secondary N) is 1. The Bertz CT molecular complexity index is 618. The molecule has 0 spiro atoms. The zero-order chi connectivity index (χ0) is 16.9. The van der Waals surface area contributed by atoms with E-state index in [9.17, 15) is 4.79 Å². The molecule has 7 nitrogen and oxygen atoms in total. The molecule has 1 atom stereocenters. The van der Waals surface area contributed by atoms with Crippen LogP contribution in [0.4, 0.5) is 4.79 Å². The van der Waals surface area contributed by atoms with E-state index >= 15 is 0 Å². The van der Waals surface area contributed by atoms with Crippen LogP contribution < -0.4 is 15.8 Å². The third kappa shape index (κ3) is 4.90. The molecule has 8 heteroatoms. The molecule has 1 saturated heterocycles. The summed E-state index contributed by atoms with van der Waals surface area (Å²) in [5.41, 5.74) is 7.13. The van der Waals surface area contributed by atoms with Gasteiger partial charge in [0, 0.05) is 24.7 Å².